The van der Waals surface area contributed by atoms with Gasteiger partial charge in [0.15, 0.2) is 17.3 Å². The van der Waals surface area contributed by atoms with E-state index in [9.17, 15) is 9.59 Å². The van der Waals surface area contributed by atoms with E-state index in [-0.39, 0.29) is 24.5 Å². The number of nitrogens with one attached hydrogen (secondary N) is 1. The van der Waals surface area contributed by atoms with E-state index >= 15 is 0 Å². The second-order valence-electron chi connectivity index (χ2n) is 8.05. The lowest BCUT2D eigenvalue weighted by atomic mass is 9.99. The van der Waals surface area contributed by atoms with Gasteiger partial charge >= 0.3 is 0 Å². The lowest BCUT2D eigenvalue weighted by molar-refractivity contribution is -0.116. The molecule has 2 aromatic carbocycles. The minimum Gasteiger partial charge on any atom is -0.486 e. The Hall–Kier alpha value is -3.02. The number of benzene rings is 2. The van der Waals surface area contributed by atoms with Crippen LogP contribution in [0.3, 0.4) is 0 Å². The highest BCUT2D eigenvalue weighted by Gasteiger charge is 2.17. The summed E-state index contributed by atoms with van der Waals surface area (Å²) in [6, 6.07) is 13.1. The Morgan fingerprint density at radius 1 is 0.967 bits per heavy atom. The molecule has 1 fully saturated rings. The van der Waals surface area contributed by atoms with Crippen LogP contribution in [0.25, 0.3) is 0 Å². The van der Waals surface area contributed by atoms with Gasteiger partial charge in [-0.3, -0.25) is 9.59 Å². The predicted octanol–water partition coefficient (Wildman–Crippen LogP) is 4.30. The summed E-state index contributed by atoms with van der Waals surface area (Å²) in [5, 5.41) is 2.88. The quantitative estimate of drug-likeness (QED) is 0.722. The second-order valence-corrected chi connectivity index (χ2v) is 8.05. The zero-order valence-electron chi connectivity index (χ0n) is 17.4. The van der Waals surface area contributed by atoms with Gasteiger partial charge in [0.2, 0.25) is 5.91 Å². The molecule has 2 aliphatic heterocycles. The van der Waals surface area contributed by atoms with Crippen molar-refractivity contribution < 1.29 is 19.1 Å². The average Bonchev–Trinajstić information content (AvgIpc) is 2.78. The number of Topliss-reactive ketones (excluding diaryl/α,β-unsaturated/α-hetero) is 1. The predicted molar refractivity (Wildman–Crippen MR) is 117 cm³/mol. The largest absolute Gasteiger partial charge is 0.486 e. The maximum absolute atomic E-state index is 12.4. The van der Waals surface area contributed by atoms with Gasteiger partial charge in [-0.1, -0.05) is 6.92 Å². The number of piperidine rings is 1. The van der Waals surface area contributed by atoms with Gasteiger partial charge in [0.1, 0.15) is 13.2 Å². The highest BCUT2D eigenvalue weighted by atomic mass is 16.6. The molecule has 2 aromatic rings. The topological polar surface area (TPSA) is 67.9 Å². The van der Waals surface area contributed by atoms with Crippen LogP contribution in [0.1, 0.15) is 43.0 Å². The smallest absolute Gasteiger partial charge is 0.224 e. The van der Waals surface area contributed by atoms with E-state index in [2.05, 4.69) is 17.1 Å². The van der Waals surface area contributed by atoms with E-state index in [1.54, 1.807) is 18.2 Å². The molecule has 1 amide bonds. The number of fused-ring (bicyclic) bond motifs is 1. The third-order valence-electron chi connectivity index (χ3n) is 5.74. The summed E-state index contributed by atoms with van der Waals surface area (Å²) in [6.45, 7) is 5.44. The average molecular weight is 408 g/mol. The van der Waals surface area contributed by atoms with Crippen molar-refractivity contribution >= 4 is 23.1 Å². The van der Waals surface area contributed by atoms with Crippen molar-refractivity contribution in [2.24, 2.45) is 5.92 Å². The van der Waals surface area contributed by atoms with Crippen LogP contribution in [0.15, 0.2) is 42.5 Å². The molecule has 1 saturated heterocycles. The molecule has 6 nitrogen and oxygen atoms in total. The molecule has 0 radical (unpaired) electrons. The standard InChI is InChI=1S/C24H28N2O4/c1-17-10-12-26(13-11-17)20-5-3-19(4-6-20)25-24(28)9-7-21(27)18-2-8-22-23(16-18)30-15-14-29-22/h2-6,8,16-17H,7,9-15H2,1H3,(H,25,28). The van der Waals surface area contributed by atoms with Gasteiger partial charge in [0, 0.05) is 42.9 Å². The number of nitrogens with zero attached hydrogens (tertiary/aromatic N) is 1. The molecule has 0 spiro atoms. The minimum absolute atomic E-state index is 0.0863. The van der Waals surface area contributed by atoms with Crippen LogP contribution in [0.2, 0.25) is 0 Å². The number of carbonyl (C=O) groups is 2. The van der Waals surface area contributed by atoms with Gasteiger partial charge in [-0.2, -0.15) is 0 Å². The maximum Gasteiger partial charge on any atom is 0.224 e. The maximum atomic E-state index is 12.4. The van der Waals surface area contributed by atoms with Crippen LogP contribution in [0.5, 0.6) is 11.5 Å². The molecule has 0 aliphatic carbocycles. The van der Waals surface area contributed by atoms with E-state index in [4.69, 9.17) is 9.47 Å². The molecular formula is C24H28N2O4. The summed E-state index contributed by atoms with van der Waals surface area (Å²) in [5.74, 6) is 1.78. The second kappa shape index (κ2) is 9.20. The van der Waals surface area contributed by atoms with Crippen LogP contribution in [0, 0.1) is 5.92 Å². The van der Waals surface area contributed by atoms with Crippen molar-refractivity contribution in [1.82, 2.24) is 0 Å². The fourth-order valence-corrected chi connectivity index (χ4v) is 3.83. The fraction of sp³-hybridized carbons (Fsp3) is 0.417. The minimum atomic E-state index is -0.166. The fourth-order valence-electron chi connectivity index (χ4n) is 3.83. The molecule has 1 N–H and O–H groups in total. The number of amides is 1. The molecule has 158 valence electrons. The van der Waals surface area contributed by atoms with Crippen LogP contribution < -0.4 is 19.7 Å². The van der Waals surface area contributed by atoms with Crippen molar-refractivity contribution in [2.75, 3.05) is 36.5 Å². The van der Waals surface area contributed by atoms with Gasteiger partial charge in [0.05, 0.1) is 0 Å². The van der Waals surface area contributed by atoms with E-state index in [1.165, 1.54) is 18.5 Å². The highest BCUT2D eigenvalue weighted by Crippen LogP contribution is 2.31. The molecule has 0 aromatic heterocycles. The van der Waals surface area contributed by atoms with Gasteiger partial charge in [-0.15, -0.1) is 0 Å². The zero-order chi connectivity index (χ0) is 20.9. The van der Waals surface area contributed by atoms with Crippen molar-refractivity contribution in [3.05, 3.63) is 48.0 Å². The summed E-state index contributed by atoms with van der Waals surface area (Å²) >= 11 is 0. The first-order valence-electron chi connectivity index (χ1n) is 10.7. The Labute approximate surface area is 177 Å². The number of anilines is 2. The first kappa shape index (κ1) is 20.3. The van der Waals surface area contributed by atoms with Crippen molar-refractivity contribution in [3.63, 3.8) is 0 Å². The van der Waals surface area contributed by atoms with Crippen LogP contribution in [0.4, 0.5) is 11.4 Å². The molecule has 30 heavy (non-hydrogen) atoms. The third kappa shape index (κ3) is 4.93. The molecule has 4 rings (SSSR count). The van der Waals surface area contributed by atoms with Crippen LogP contribution in [-0.2, 0) is 4.79 Å². The van der Waals surface area contributed by atoms with Crippen molar-refractivity contribution in [3.8, 4) is 11.5 Å². The van der Waals surface area contributed by atoms with Gasteiger partial charge in [-0.25, -0.2) is 0 Å². The molecule has 0 saturated carbocycles. The van der Waals surface area contributed by atoms with Crippen LogP contribution >= 0.6 is 0 Å². The number of hydrogen-bond donors (Lipinski definition) is 1. The number of carbonyl (C=O) groups excluding carboxylic acids is 2. The SMILES string of the molecule is CC1CCN(c2ccc(NC(=O)CCC(=O)c3ccc4c(c3)OCCO4)cc2)CC1. The number of ether oxygens (including phenoxy) is 2. The van der Waals surface area contributed by atoms with E-state index in [0.717, 1.165) is 24.7 Å². The molecule has 0 atom stereocenters. The number of ketones is 1. The van der Waals surface area contributed by atoms with Crippen LogP contribution in [-0.4, -0.2) is 38.0 Å². The summed E-state index contributed by atoms with van der Waals surface area (Å²) in [5.41, 5.74) is 2.47. The highest BCUT2D eigenvalue weighted by molar-refractivity contribution is 6.00. The van der Waals surface area contributed by atoms with Crippen molar-refractivity contribution in [1.29, 1.82) is 0 Å². The Balaban J connectivity index is 1.27. The first-order chi connectivity index (χ1) is 14.6. The summed E-state index contributed by atoms with van der Waals surface area (Å²) in [7, 11) is 0. The normalized spacial score (nSPS) is 16.2. The summed E-state index contributed by atoms with van der Waals surface area (Å²) < 4.78 is 11.0. The molecule has 0 bridgehead atoms. The number of rotatable bonds is 6. The molecule has 2 heterocycles. The summed E-state index contributed by atoms with van der Waals surface area (Å²) in [4.78, 5) is 27.1. The van der Waals surface area contributed by atoms with E-state index in [1.807, 2.05) is 24.3 Å². The third-order valence-corrected chi connectivity index (χ3v) is 5.74. The van der Waals surface area contributed by atoms with Crippen molar-refractivity contribution in [2.45, 2.75) is 32.6 Å². The molecule has 6 heteroatoms. The Kier molecular flexibility index (Phi) is 6.21. The lowest BCUT2D eigenvalue weighted by Crippen LogP contribution is -2.32. The Morgan fingerprint density at radius 2 is 1.67 bits per heavy atom. The Bertz CT molecular complexity index is 902. The van der Waals surface area contributed by atoms with Gasteiger partial charge in [-0.05, 0) is 61.2 Å². The summed E-state index contributed by atoms with van der Waals surface area (Å²) in [6.07, 6.45) is 2.72. The van der Waals surface area contributed by atoms with E-state index in [0.29, 0.717) is 30.3 Å². The van der Waals surface area contributed by atoms with Gasteiger partial charge in [0.25, 0.3) is 0 Å². The molecular weight excluding hydrogens is 380 g/mol. The molecule has 0 unspecified atom stereocenters. The van der Waals surface area contributed by atoms with Gasteiger partial charge < -0.3 is 19.7 Å². The number of hydrogen-bond acceptors (Lipinski definition) is 5. The van der Waals surface area contributed by atoms with E-state index < -0.39 is 0 Å². The first-order valence-corrected chi connectivity index (χ1v) is 10.7. The lowest BCUT2D eigenvalue weighted by Gasteiger charge is -2.32. The Morgan fingerprint density at radius 3 is 2.40 bits per heavy atom. The molecule has 2 aliphatic rings. The monoisotopic (exact) mass is 408 g/mol. The zero-order valence-corrected chi connectivity index (χ0v) is 17.4.